The summed E-state index contributed by atoms with van der Waals surface area (Å²) in [6, 6.07) is 18.9. The summed E-state index contributed by atoms with van der Waals surface area (Å²) in [7, 11) is 0. The molecule has 138 valence electrons. The average molecular weight is 399 g/mol. The van der Waals surface area contributed by atoms with Crippen molar-refractivity contribution in [3.8, 4) is 0 Å². The lowest BCUT2D eigenvalue weighted by Gasteiger charge is -2.08. The molecule has 0 aliphatic heterocycles. The number of carbonyl (C=O) groups is 2. The zero-order valence-electron chi connectivity index (χ0n) is 14.9. The molecular weight excluding hydrogens is 380 g/mol. The predicted octanol–water partition coefficient (Wildman–Crippen LogP) is 5.57. The van der Waals surface area contributed by atoms with Gasteiger partial charge in [0.15, 0.2) is 12.4 Å². The van der Waals surface area contributed by atoms with E-state index in [1.807, 2.05) is 48.5 Å². The molecule has 0 bridgehead atoms. The molecule has 0 spiro atoms. The molecule has 0 N–H and O–H groups in total. The smallest absolute Gasteiger partial charge is 0.316 e. The second kappa shape index (κ2) is 9.07. The maximum Gasteiger partial charge on any atom is 0.316 e. The molecule has 0 unspecified atom stereocenters. The maximum atomic E-state index is 12.1. The molecule has 0 heterocycles. The molecule has 3 rings (SSSR count). The van der Waals surface area contributed by atoms with Gasteiger partial charge in [-0.15, -0.1) is 11.8 Å². The molecule has 0 atom stereocenters. The fraction of sp³-hybridized carbons (Fsp3) is 0.182. The van der Waals surface area contributed by atoms with Crippen LogP contribution in [0, 0.1) is 0 Å². The van der Waals surface area contributed by atoms with Gasteiger partial charge in [0, 0.05) is 20.9 Å². The second-order valence-corrected chi connectivity index (χ2v) is 7.44. The lowest BCUT2D eigenvalue weighted by Crippen LogP contribution is -2.15. The predicted molar refractivity (Wildman–Crippen MR) is 111 cm³/mol. The largest absolute Gasteiger partial charge is 0.457 e. The molecule has 3 nitrogen and oxygen atoms in total. The van der Waals surface area contributed by atoms with Crippen molar-refractivity contribution in [2.45, 2.75) is 18.2 Å². The first kappa shape index (κ1) is 19.5. The van der Waals surface area contributed by atoms with Crippen molar-refractivity contribution in [2.75, 3.05) is 12.4 Å². The van der Waals surface area contributed by atoms with Crippen LogP contribution in [0.4, 0.5) is 0 Å². The first-order valence-corrected chi connectivity index (χ1v) is 10.0. The van der Waals surface area contributed by atoms with Crippen LogP contribution in [0.25, 0.3) is 10.8 Å². The Labute approximate surface area is 167 Å². The average Bonchev–Trinajstić information content (AvgIpc) is 2.70. The Bertz CT molecular complexity index is 962. The van der Waals surface area contributed by atoms with E-state index in [-0.39, 0.29) is 18.1 Å². The molecular formula is C22H19ClO3S. The number of hydrogen-bond acceptors (Lipinski definition) is 4. The molecule has 3 aromatic carbocycles. The zero-order valence-corrected chi connectivity index (χ0v) is 16.5. The molecule has 0 aliphatic carbocycles. The van der Waals surface area contributed by atoms with Crippen LogP contribution in [-0.4, -0.2) is 24.1 Å². The van der Waals surface area contributed by atoms with E-state index in [1.54, 1.807) is 12.1 Å². The van der Waals surface area contributed by atoms with Crippen LogP contribution in [0.1, 0.15) is 22.8 Å². The van der Waals surface area contributed by atoms with Gasteiger partial charge >= 0.3 is 5.97 Å². The topological polar surface area (TPSA) is 43.4 Å². The van der Waals surface area contributed by atoms with Gasteiger partial charge in [0.2, 0.25) is 0 Å². The fourth-order valence-corrected chi connectivity index (χ4v) is 3.96. The summed E-state index contributed by atoms with van der Waals surface area (Å²) in [5, 5.41) is 2.59. The summed E-state index contributed by atoms with van der Waals surface area (Å²) in [5.41, 5.74) is 1.71. The first-order chi connectivity index (χ1) is 13.1. The number of aryl methyl sites for hydroxylation is 1. The molecule has 0 fully saturated rings. The Kier molecular flexibility index (Phi) is 6.54. The number of halogens is 1. The van der Waals surface area contributed by atoms with Gasteiger partial charge in [-0.25, -0.2) is 0 Å². The van der Waals surface area contributed by atoms with Gasteiger partial charge in [0.25, 0.3) is 0 Å². The van der Waals surface area contributed by atoms with Gasteiger partial charge in [-0.3, -0.25) is 9.59 Å². The van der Waals surface area contributed by atoms with Crippen molar-refractivity contribution in [3.63, 3.8) is 0 Å². The Hall–Kier alpha value is -2.30. The van der Waals surface area contributed by atoms with Crippen molar-refractivity contribution < 1.29 is 14.3 Å². The third-order valence-corrected chi connectivity index (χ3v) is 5.56. The number of rotatable bonds is 7. The molecule has 0 radical (unpaired) electrons. The summed E-state index contributed by atoms with van der Waals surface area (Å²) in [4.78, 5) is 25.1. The minimum atomic E-state index is -0.428. The molecule has 0 saturated heterocycles. The Morgan fingerprint density at radius 2 is 1.70 bits per heavy atom. The Balaban J connectivity index is 1.56. The number of fused-ring (bicyclic) bond motifs is 1. The van der Waals surface area contributed by atoms with E-state index >= 15 is 0 Å². The van der Waals surface area contributed by atoms with E-state index < -0.39 is 5.97 Å². The zero-order chi connectivity index (χ0) is 19.2. The molecule has 3 aromatic rings. The highest BCUT2D eigenvalue weighted by molar-refractivity contribution is 8.00. The van der Waals surface area contributed by atoms with Crippen LogP contribution in [0.15, 0.2) is 65.6 Å². The van der Waals surface area contributed by atoms with Crippen molar-refractivity contribution in [1.29, 1.82) is 0 Å². The number of carbonyl (C=O) groups excluding carboxylic acids is 2. The highest BCUT2D eigenvalue weighted by Gasteiger charge is 2.12. The van der Waals surface area contributed by atoms with E-state index in [4.69, 9.17) is 16.3 Å². The third kappa shape index (κ3) is 4.90. The highest BCUT2D eigenvalue weighted by Crippen LogP contribution is 2.33. The molecule has 0 aromatic heterocycles. The van der Waals surface area contributed by atoms with Crippen LogP contribution in [0.3, 0.4) is 0 Å². The number of hydrogen-bond donors (Lipinski definition) is 0. The third-order valence-electron chi connectivity index (χ3n) is 4.21. The van der Waals surface area contributed by atoms with Crippen LogP contribution < -0.4 is 0 Å². The van der Waals surface area contributed by atoms with E-state index in [9.17, 15) is 9.59 Å². The summed E-state index contributed by atoms with van der Waals surface area (Å²) < 4.78 is 5.14. The normalized spacial score (nSPS) is 10.7. The van der Waals surface area contributed by atoms with Crippen molar-refractivity contribution >= 4 is 45.9 Å². The van der Waals surface area contributed by atoms with Gasteiger partial charge in [-0.1, -0.05) is 67.1 Å². The molecule has 0 amide bonds. The second-order valence-electron chi connectivity index (χ2n) is 6.02. The highest BCUT2D eigenvalue weighted by atomic mass is 35.5. The van der Waals surface area contributed by atoms with Crippen LogP contribution in [0.5, 0.6) is 0 Å². The number of ketones is 1. The van der Waals surface area contributed by atoms with E-state index in [1.165, 1.54) is 11.8 Å². The molecule has 27 heavy (non-hydrogen) atoms. The lowest BCUT2D eigenvalue weighted by molar-refractivity contribution is -0.139. The van der Waals surface area contributed by atoms with Crippen LogP contribution in [0.2, 0.25) is 5.02 Å². The number of esters is 1. The van der Waals surface area contributed by atoms with Gasteiger partial charge < -0.3 is 4.74 Å². The summed E-state index contributed by atoms with van der Waals surface area (Å²) in [6.07, 6.45) is 0.916. The SMILES string of the molecule is CCc1ccc(C(=O)COC(=O)CSc2cccc3cccc(Cl)c23)cc1. The minimum Gasteiger partial charge on any atom is -0.457 e. The summed E-state index contributed by atoms with van der Waals surface area (Å²) in [6.45, 7) is 1.81. The van der Waals surface area contributed by atoms with Gasteiger partial charge in [0.1, 0.15) is 0 Å². The quantitative estimate of drug-likeness (QED) is 0.296. The van der Waals surface area contributed by atoms with Gasteiger partial charge in [-0.05, 0) is 29.5 Å². The molecule has 0 saturated carbocycles. The standard InChI is InChI=1S/C22H19ClO3S/c1-2-15-9-11-16(12-10-15)19(24)13-26-21(25)14-27-20-8-4-6-17-5-3-7-18(23)22(17)20/h3-12H,2,13-14H2,1H3. The van der Waals surface area contributed by atoms with Crippen LogP contribution in [-0.2, 0) is 16.0 Å². The Morgan fingerprint density at radius 3 is 2.41 bits per heavy atom. The summed E-state index contributed by atoms with van der Waals surface area (Å²) in [5.74, 6) is -0.515. The monoisotopic (exact) mass is 398 g/mol. The Morgan fingerprint density at radius 1 is 1.00 bits per heavy atom. The van der Waals surface area contributed by atoms with Crippen LogP contribution >= 0.6 is 23.4 Å². The molecule has 5 heteroatoms. The minimum absolute atomic E-state index is 0.117. The van der Waals surface area contributed by atoms with E-state index in [0.29, 0.717) is 10.6 Å². The molecule has 0 aliphatic rings. The fourth-order valence-electron chi connectivity index (χ4n) is 2.72. The maximum absolute atomic E-state index is 12.1. The number of thioether (sulfide) groups is 1. The number of Topliss-reactive ketones (excluding diaryl/α,β-unsaturated/α-hetero) is 1. The van der Waals surface area contributed by atoms with Crippen molar-refractivity contribution in [3.05, 3.63) is 76.8 Å². The number of benzene rings is 3. The van der Waals surface area contributed by atoms with E-state index in [2.05, 4.69) is 6.92 Å². The van der Waals surface area contributed by atoms with Crippen molar-refractivity contribution in [1.82, 2.24) is 0 Å². The number of ether oxygens (including phenoxy) is 1. The summed E-state index contributed by atoms with van der Waals surface area (Å²) >= 11 is 7.65. The van der Waals surface area contributed by atoms with Gasteiger partial charge in [0.05, 0.1) is 5.75 Å². The first-order valence-electron chi connectivity index (χ1n) is 8.66. The van der Waals surface area contributed by atoms with E-state index in [0.717, 1.165) is 27.7 Å². The van der Waals surface area contributed by atoms with Crippen molar-refractivity contribution in [2.24, 2.45) is 0 Å². The lowest BCUT2D eigenvalue weighted by atomic mass is 10.1. The van der Waals surface area contributed by atoms with Gasteiger partial charge in [-0.2, -0.15) is 0 Å².